The Morgan fingerprint density at radius 2 is 1.63 bits per heavy atom. The lowest BCUT2D eigenvalue weighted by molar-refractivity contribution is 0.0821. The summed E-state index contributed by atoms with van der Waals surface area (Å²) in [5, 5.41) is 0. The van der Waals surface area contributed by atoms with E-state index in [4.69, 9.17) is 4.74 Å². The second kappa shape index (κ2) is 10.8. The maximum absolute atomic E-state index is 5.89. The summed E-state index contributed by atoms with van der Waals surface area (Å²) in [7, 11) is 0. The fourth-order valence-electron chi connectivity index (χ4n) is 2.21. The van der Waals surface area contributed by atoms with Gasteiger partial charge >= 0.3 is 0 Å². The number of rotatable bonds is 11. The van der Waals surface area contributed by atoms with E-state index < -0.39 is 0 Å². The number of unbranched alkanes of at least 4 members (excludes halogenated alkanes) is 6. The number of hydrogen-bond donors (Lipinski definition) is 0. The van der Waals surface area contributed by atoms with Gasteiger partial charge in [0.05, 0.1) is 0 Å². The molecule has 1 aromatic carbocycles. The van der Waals surface area contributed by atoms with Gasteiger partial charge in [0, 0.05) is 6.61 Å². The molecule has 1 unspecified atom stereocenters. The van der Waals surface area contributed by atoms with Crippen molar-refractivity contribution >= 4 is 0 Å². The first-order valence-corrected chi connectivity index (χ1v) is 7.67. The average molecular weight is 260 g/mol. The first-order valence-electron chi connectivity index (χ1n) is 7.67. The topological polar surface area (TPSA) is 9.23 Å². The molecule has 0 saturated heterocycles. The van der Waals surface area contributed by atoms with E-state index in [0.717, 1.165) is 13.0 Å². The predicted octanol–water partition coefficient (Wildman–Crippen LogP) is 5.68. The minimum atomic E-state index is 0.0429. The van der Waals surface area contributed by atoms with E-state index in [1.54, 1.807) is 0 Å². The second-order valence-electron chi connectivity index (χ2n) is 5.06. The summed E-state index contributed by atoms with van der Waals surface area (Å²) in [6.45, 7) is 6.95. The molecule has 0 heterocycles. The molecule has 0 amide bonds. The van der Waals surface area contributed by atoms with Crippen LogP contribution in [0.3, 0.4) is 0 Å². The van der Waals surface area contributed by atoms with Crippen molar-refractivity contribution in [3.63, 3.8) is 0 Å². The summed E-state index contributed by atoms with van der Waals surface area (Å²) in [6, 6.07) is 10.3. The predicted molar refractivity (Wildman–Crippen MR) is 83.3 cm³/mol. The maximum Gasteiger partial charge on any atom is 0.100 e. The third kappa shape index (κ3) is 7.17. The summed E-state index contributed by atoms with van der Waals surface area (Å²) in [6.07, 6.45) is 11.2. The van der Waals surface area contributed by atoms with Crippen LogP contribution in [0.5, 0.6) is 0 Å². The summed E-state index contributed by atoms with van der Waals surface area (Å²) in [4.78, 5) is 0. The van der Waals surface area contributed by atoms with Crippen LogP contribution in [-0.2, 0) is 4.74 Å². The molecule has 0 radical (unpaired) electrons. The first kappa shape index (κ1) is 16.0. The van der Waals surface area contributed by atoms with Crippen LogP contribution in [0.1, 0.15) is 63.5 Å². The van der Waals surface area contributed by atoms with E-state index in [0.29, 0.717) is 0 Å². The van der Waals surface area contributed by atoms with Crippen molar-refractivity contribution in [2.24, 2.45) is 0 Å². The fraction of sp³-hybridized carbons (Fsp3) is 0.556. The van der Waals surface area contributed by atoms with E-state index in [1.165, 1.54) is 44.1 Å². The lowest BCUT2D eigenvalue weighted by Crippen LogP contribution is -2.02. The lowest BCUT2D eigenvalue weighted by atomic mass is 10.1. The van der Waals surface area contributed by atoms with Gasteiger partial charge in [-0.15, -0.1) is 6.58 Å². The Hall–Kier alpha value is -1.08. The first-order chi connectivity index (χ1) is 9.38. The van der Waals surface area contributed by atoms with Crippen LogP contribution in [0.4, 0.5) is 0 Å². The fourth-order valence-corrected chi connectivity index (χ4v) is 2.21. The van der Waals surface area contributed by atoms with Crippen molar-refractivity contribution in [2.45, 2.75) is 58.0 Å². The summed E-state index contributed by atoms with van der Waals surface area (Å²) < 4.78 is 5.89. The highest BCUT2D eigenvalue weighted by atomic mass is 16.5. The van der Waals surface area contributed by atoms with Gasteiger partial charge in [0.15, 0.2) is 0 Å². The van der Waals surface area contributed by atoms with E-state index >= 15 is 0 Å². The van der Waals surface area contributed by atoms with E-state index in [1.807, 2.05) is 24.3 Å². The van der Waals surface area contributed by atoms with E-state index in [2.05, 4.69) is 25.6 Å². The van der Waals surface area contributed by atoms with Crippen LogP contribution < -0.4 is 0 Å². The van der Waals surface area contributed by atoms with Crippen molar-refractivity contribution in [1.29, 1.82) is 0 Å². The molecule has 0 aliphatic rings. The molecule has 0 fully saturated rings. The second-order valence-corrected chi connectivity index (χ2v) is 5.06. The summed E-state index contributed by atoms with van der Waals surface area (Å²) >= 11 is 0. The molecule has 0 spiro atoms. The van der Waals surface area contributed by atoms with Gasteiger partial charge in [-0.3, -0.25) is 0 Å². The van der Waals surface area contributed by atoms with Crippen molar-refractivity contribution in [3.05, 3.63) is 48.6 Å². The normalized spacial score (nSPS) is 12.3. The number of hydrogen-bond acceptors (Lipinski definition) is 1. The smallest absolute Gasteiger partial charge is 0.100 e. The van der Waals surface area contributed by atoms with Crippen molar-refractivity contribution < 1.29 is 4.74 Å². The molecular weight excluding hydrogens is 232 g/mol. The van der Waals surface area contributed by atoms with Crippen LogP contribution in [0.2, 0.25) is 0 Å². The van der Waals surface area contributed by atoms with Crippen molar-refractivity contribution in [3.8, 4) is 0 Å². The molecule has 1 rings (SSSR count). The Morgan fingerprint density at radius 3 is 2.26 bits per heavy atom. The van der Waals surface area contributed by atoms with Gasteiger partial charge in [-0.1, -0.05) is 81.9 Å². The molecule has 0 saturated carbocycles. The Kier molecular flexibility index (Phi) is 9.09. The summed E-state index contributed by atoms with van der Waals surface area (Å²) in [5.41, 5.74) is 1.19. The lowest BCUT2D eigenvalue weighted by Gasteiger charge is -2.14. The molecule has 0 N–H and O–H groups in total. The third-order valence-electron chi connectivity index (χ3n) is 3.39. The zero-order valence-corrected chi connectivity index (χ0v) is 12.3. The highest BCUT2D eigenvalue weighted by Crippen LogP contribution is 2.18. The van der Waals surface area contributed by atoms with E-state index in [-0.39, 0.29) is 6.10 Å². The molecule has 0 bridgehead atoms. The summed E-state index contributed by atoms with van der Waals surface area (Å²) in [5.74, 6) is 0. The largest absolute Gasteiger partial charge is 0.369 e. The third-order valence-corrected chi connectivity index (χ3v) is 3.39. The molecular formula is C18H28O. The van der Waals surface area contributed by atoms with Crippen LogP contribution in [0, 0.1) is 0 Å². The van der Waals surface area contributed by atoms with E-state index in [9.17, 15) is 0 Å². The van der Waals surface area contributed by atoms with Gasteiger partial charge in [-0.05, 0) is 12.0 Å². The van der Waals surface area contributed by atoms with Crippen LogP contribution >= 0.6 is 0 Å². The quantitative estimate of drug-likeness (QED) is 0.367. The highest BCUT2D eigenvalue weighted by Gasteiger charge is 2.06. The van der Waals surface area contributed by atoms with Crippen LogP contribution in [-0.4, -0.2) is 6.61 Å². The maximum atomic E-state index is 5.89. The highest BCUT2D eigenvalue weighted by molar-refractivity contribution is 5.20. The monoisotopic (exact) mass is 260 g/mol. The molecule has 0 aromatic heterocycles. The minimum Gasteiger partial charge on any atom is -0.369 e. The molecule has 1 atom stereocenters. The zero-order valence-electron chi connectivity index (χ0n) is 12.3. The van der Waals surface area contributed by atoms with Gasteiger partial charge in [0.2, 0.25) is 0 Å². The standard InChI is InChI=1S/C18H28O/c1-3-5-6-7-8-9-13-16-19-18(4-2)17-14-11-10-12-15-17/h4,10-12,14-15,18H,2-3,5-9,13,16H2,1H3. The number of ether oxygens (including phenoxy) is 1. The molecule has 19 heavy (non-hydrogen) atoms. The Bertz CT molecular complexity index is 318. The average Bonchev–Trinajstić information content (AvgIpc) is 2.47. The van der Waals surface area contributed by atoms with Gasteiger partial charge in [0.25, 0.3) is 0 Å². The Balaban J connectivity index is 2.09. The van der Waals surface area contributed by atoms with Crippen LogP contribution in [0.25, 0.3) is 0 Å². The van der Waals surface area contributed by atoms with Gasteiger partial charge < -0.3 is 4.74 Å². The van der Waals surface area contributed by atoms with Crippen molar-refractivity contribution in [2.75, 3.05) is 6.61 Å². The Labute approximate surface area is 118 Å². The molecule has 106 valence electrons. The Morgan fingerprint density at radius 1 is 1.00 bits per heavy atom. The molecule has 1 aromatic rings. The SMILES string of the molecule is C=CC(OCCCCCCCCC)c1ccccc1. The number of benzene rings is 1. The molecule has 0 aliphatic carbocycles. The van der Waals surface area contributed by atoms with Crippen LogP contribution in [0.15, 0.2) is 43.0 Å². The zero-order chi connectivity index (χ0) is 13.8. The van der Waals surface area contributed by atoms with Gasteiger partial charge in [-0.25, -0.2) is 0 Å². The van der Waals surface area contributed by atoms with Gasteiger partial charge in [-0.2, -0.15) is 0 Å². The molecule has 1 nitrogen and oxygen atoms in total. The molecule has 1 heteroatoms. The van der Waals surface area contributed by atoms with Gasteiger partial charge in [0.1, 0.15) is 6.10 Å². The molecule has 0 aliphatic heterocycles. The van der Waals surface area contributed by atoms with Crippen molar-refractivity contribution in [1.82, 2.24) is 0 Å². The minimum absolute atomic E-state index is 0.0429.